The average molecular weight is 446 g/mol. The molecule has 0 aliphatic carbocycles. The van der Waals surface area contributed by atoms with Gasteiger partial charge in [-0.05, 0) is 42.0 Å². The second-order valence-electron chi connectivity index (χ2n) is 6.98. The lowest BCUT2D eigenvalue weighted by Crippen LogP contribution is -2.11. The standard InChI is InChI=1S/C25H23N3O3S/c1-30-22-13-8-17(14-23(22)31-2)15-26-25-28-21(16-32-25)18-9-11-20(12-10-18)27-24(29)19-6-4-3-5-7-19/h3-14,16H,15H2,1-2H3,(H,26,28)(H,27,29). The summed E-state index contributed by atoms with van der Waals surface area (Å²) in [5.41, 5.74) is 4.30. The van der Waals surface area contributed by atoms with Gasteiger partial charge in [-0.1, -0.05) is 36.4 Å². The molecular formula is C25H23N3O3S. The van der Waals surface area contributed by atoms with Crippen LogP contribution in [0.1, 0.15) is 15.9 Å². The number of thiazole rings is 1. The van der Waals surface area contributed by atoms with Crippen molar-refractivity contribution in [2.24, 2.45) is 0 Å². The smallest absolute Gasteiger partial charge is 0.255 e. The van der Waals surface area contributed by atoms with E-state index in [1.54, 1.807) is 37.7 Å². The van der Waals surface area contributed by atoms with Gasteiger partial charge in [0, 0.05) is 28.7 Å². The highest BCUT2D eigenvalue weighted by atomic mass is 32.1. The Morgan fingerprint density at radius 3 is 2.41 bits per heavy atom. The average Bonchev–Trinajstić information content (AvgIpc) is 3.32. The monoisotopic (exact) mass is 445 g/mol. The van der Waals surface area contributed by atoms with E-state index in [2.05, 4.69) is 15.6 Å². The molecule has 0 aliphatic rings. The van der Waals surface area contributed by atoms with E-state index in [0.29, 0.717) is 23.6 Å². The number of carbonyl (C=O) groups excluding carboxylic acids is 1. The quantitative estimate of drug-likeness (QED) is 0.364. The molecule has 2 N–H and O–H groups in total. The number of nitrogens with one attached hydrogen (secondary N) is 2. The zero-order valence-corrected chi connectivity index (χ0v) is 18.6. The van der Waals surface area contributed by atoms with E-state index in [-0.39, 0.29) is 5.91 Å². The minimum atomic E-state index is -0.131. The van der Waals surface area contributed by atoms with Gasteiger partial charge in [-0.15, -0.1) is 11.3 Å². The van der Waals surface area contributed by atoms with Crippen molar-refractivity contribution in [1.29, 1.82) is 0 Å². The van der Waals surface area contributed by atoms with E-state index in [9.17, 15) is 4.79 Å². The Bertz CT molecular complexity index is 1190. The Kier molecular flexibility index (Phi) is 6.67. The number of amides is 1. The molecule has 3 aromatic carbocycles. The van der Waals surface area contributed by atoms with Crippen molar-refractivity contribution in [2.75, 3.05) is 24.9 Å². The molecule has 6 nitrogen and oxygen atoms in total. The Balaban J connectivity index is 1.37. The lowest BCUT2D eigenvalue weighted by atomic mass is 10.1. The van der Waals surface area contributed by atoms with Crippen LogP contribution >= 0.6 is 11.3 Å². The van der Waals surface area contributed by atoms with Crippen molar-refractivity contribution in [3.05, 3.63) is 89.3 Å². The molecule has 0 atom stereocenters. The molecule has 0 fully saturated rings. The summed E-state index contributed by atoms with van der Waals surface area (Å²) < 4.78 is 10.6. The first-order valence-electron chi connectivity index (χ1n) is 10.0. The van der Waals surface area contributed by atoms with Gasteiger partial charge in [-0.2, -0.15) is 0 Å². The van der Waals surface area contributed by atoms with Gasteiger partial charge in [0.25, 0.3) is 5.91 Å². The summed E-state index contributed by atoms with van der Waals surface area (Å²) in [6, 6.07) is 22.6. The number of nitrogens with zero attached hydrogens (tertiary/aromatic N) is 1. The molecule has 1 amide bonds. The van der Waals surface area contributed by atoms with E-state index in [1.807, 2.05) is 66.0 Å². The van der Waals surface area contributed by atoms with Crippen molar-refractivity contribution in [3.8, 4) is 22.8 Å². The molecule has 0 radical (unpaired) electrons. The molecule has 0 saturated heterocycles. The highest BCUT2D eigenvalue weighted by Crippen LogP contribution is 2.29. The minimum Gasteiger partial charge on any atom is -0.493 e. The number of carbonyl (C=O) groups is 1. The zero-order valence-electron chi connectivity index (χ0n) is 17.8. The first kappa shape index (κ1) is 21.4. The van der Waals surface area contributed by atoms with Crippen LogP contribution in [0.25, 0.3) is 11.3 Å². The summed E-state index contributed by atoms with van der Waals surface area (Å²) in [5, 5.41) is 9.10. The molecule has 1 heterocycles. The molecule has 0 spiro atoms. The van der Waals surface area contributed by atoms with Crippen LogP contribution in [-0.2, 0) is 6.54 Å². The lowest BCUT2D eigenvalue weighted by Gasteiger charge is -2.09. The molecule has 1 aromatic heterocycles. The number of anilines is 2. The van der Waals surface area contributed by atoms with E-state index < -0.39 is 0 Å². The summed E-state index contributed by atoms with van der Waals surface area (Å²) in [7, 11) is 3.25. The van der Waals surface area contributed by atoms with Crippen LogP contribution in [0.5, 0.6) is 11.5 Å². The Morgan fingerprint density at radius 1 is 0.938 bits per heavy atom. The van der Waals surface area contributed by atoms with Crippen LogP contribution in [0.3, 0.4) is 0 Å². The summed E-state index contributed by atoms with van der Waals surface area (Å²) in [5.74, 6) is 1.27. The van der Waals surface area contributed by atoms with E-state index in [1.165, 1.54) is 0 Å². The van der Waals surface area contributed by atoms with Crippen LogP contribution in [0.15, 0.2) is 78.2 Å². The molecule has 162 valence electrons. The van der Waals surface area contributed by atoms with Crippen molar-refractivity contribution < 1.29 is 14.3 Å². The second kappa shape index (κ2) is 9.98. The summed E-state index contributed by atoms with van der Waals surface area (Å²) in [6.45, 7) is 0.623. The lowest BCUT2D eigenvalue weighted by molar-refractivity contribution is 0.102. The molecule has 0 bridgehead atoms. The fraction of sp³-hybridized carbons (Fsp3) is 0.120. The molecule has 32 heavy (non-hydrogen) atoms. The highest BCUT2D eigenvalue weighted by molar-refractivity contribution is 7.14. The Hall–Kier alpha value is -3.84. The number of benzene rings is 3. The maximum atomic E-state index is 12.3. The summed E-state index contributed by atoms with van der Waals surface area (Å²) >= 11 is 1.55. The normalized spacial score (nSPS) is 10.4. The number of methoxy groups -OCH3 is 2. The number of ether oxygens (including phenoxy) is 2. The van der Waals surface area contributed by atoms with Gasteiger partial charge >= 0.3 is 0 Å². The maximum Gasteiger partial charge on any atom is 0.255 e. The van der Waals surface area contributed by atoms with E-state index in [0.717, 1.165) is 27.6 Å². The van der Waals surface area contributed by atoms with Crippen molar-refractivity contribution in [3.63, 3.8) is 0 Å². The number of aromatic nitrogens is 1. The third kappa shape index (κ3) is 5.07. The SMILES string of the molecule is COc1ccc(CNc2nc(-c3ccc(NC(=O)c4ccccc4)cc3)cs2)cc1OC. The zero-order chi connectivity index (χ0) is 22.3. The van der Waals surface area contributed by atoms with Crippen LogP contribution < -0.4 is 20.1 Å². The summed E-state index contributed by atoms with van der Waals surface area (Å²) in [4.78, 5) is 17.0. The van der Waals surface area contributed by atoms with Crippen LogP contribution in [0.4, 0.5) is 10.8 Å². The van der Waals surface area contributed by atoms with E-state index >= 15 is 0 Å². The topological polar surface area (TPSA) is 72.5 Å². The van der Waals surface area contributed by atoms with Crippen LogP contribution in [0, 0.1) is 0 Å². The fourth-order valence-corrected chi connectivity index (χ4v) is 3.89. The van der Waals surface area contributed by atoms with Gasteiger partial charge in [-0.3, -0.25) is 4.79 Å². The van der Waals surface area contributed by atoms with Gasteiger partial charge in [-0.25, -0.2) is 4.98 Å². The largest absolute Gasteiger partial charge is 0.493 e. The third-order valence-electron chi connectivity index (χ3n) is 4.87. The number of hydrogen-bond donors (Lipinski definition) is 2. The van der Waals surface area contributed by atoms with Crippen LogP contribution in [0.2, 0.25) is 0 Å². The molecule has 0 saturated carbocycles. The number of rotatable bonds is 8. The first-order chi connectivity index (χ1) is 15.7. The Labute approximate surface area is 190 Å². The minimum absolute atomic E-state index is 0.131. The molecule has 0 unspecified atom stereocenters. The van der Waals surface area contributed by atoms with Crippen molar-refractivity contribution >= 4 is 28.1 Å². The predicted octanol–water partition coefficient (Wildman–Crippen LogP) is 5.69. The van der Waals surface area contributed by atoms with Gasteiger partial charge in [0.15, 0.2) is 16.6 Å². The molecular weight excluding hydrogens is 422 g/mol. The first-order valence-corrected chi connectivity index (χ1v) is 10.9. The fourth-order valence-electron chi connectivity index (χ4n) is 3.17. The highest BCUT2D eigenvalue weighted by Gasteiger charge is 2.09. The van der Waals surface area contributed by atoms with Gasteiger partial charge in [0.2, 0.25) is 0 Å². The van der Waals surface area contributed by atoms with Gasteiger partial charge in [0.1, 0.15) is 0 Å². The number of hydrogen-bond acceptors (Lipinski definition) is 6. The van der Waals surface area contributed by atoms with Gasteiger partial charge < -0.3 is 20.1 Å². The van der Waals surface area contributed by atoms with E-state index in [4.69, 9.17) is 9.47 Å². The van der Waals surface area contributed by atoms with Gasteiger partial charge in [0.05, 0.1) is 19.9 Å². The second-order valence-corrected chi connectivity index (χ2v) is 7.84. The third-order valence-corrected chi connectivity index (χ3v) is 5.67. The predicted molar refractivity (Wildman–Crippen MR) is 129 cm³/mol. The van der Waals surface area contributed by atoms with Crippen LogP contribution in [-0.4, -0.2) is 25.1 Å². The molecule has 7 heteroatoms. The Morgan fingerprint density at radius 2 is 1.69 bits per heavy atom. The van der Waals surface area contributed by atoms with Crippen molar-refractivity contribution in [1.82, 2.24) is 4.98 Å². The van der Waals surface area contributed by atoms with Crippen molar-refractivity contribution in [2.45, 2.75) is 6.54 Å². The summed E-state index contributed by atoms with van der Waals surface area (Å²) in [6.07, 6.45) is 0. The molecule has 0 aliphatic heterocycles. The maximum absolute atomic E-state index is 12.3. The molecule has 4 rings (SSSR count). The molecule has 4 aromatic rings.